The van der Waals surface area contributed by atoms with Crippen molar-refractivity contribution in [1.82, 2.24) is 4.90 Å². The molecule has 1 aliphatic rings. The molecule has 0 aromatic heterocycles. The van der Waals surface area contributed by atoms with Gasteiger partial charge in [-0.3, -0.25) is 4.90 Å². The number of carbonyl (C=O) groups excluding carboxylic acids is 1. The van der Waals surface area contributed by atoms with Gasteiger partial charge in [-0.1, -0.05) is 85.8 Å². The van der Waals surface area contributed by atoms with Gasteiger partial charge in [0.25, 0.3) is 0 Å². The van der Waals surface area contributed by atoms with Crippen LogP contribution < -0.4 is 0 Å². The Labute approximate surface area is 177 Å². The molecule has 0 fully saturated rings. The average molecular weight is 402 g/mol. The lowest BCUT2D eigenvalue weighted by atomic mass is 9.98. The van der Waals surface area contributed by atoms with Gasteiger partial charge in [0.15, 0.2) is 0 Å². The molecule has 0 heterocycles. The van der Waals surface area contributed by atoms with E-state index in [4.69, 9.17) is 4.74 Å². The molecule has 30 heavy (non-hydrogen) atoms. The summed E-state index contributed by atoms with van der Waals surface area (Å²) < 4.78 is 5.83. The fraction of sp³-hybridized carbons (Fsp3) is 0.269. The van der Waals surface area contributed by atoms with Crippen LogP contribution in [-0.4, -0.2) is 35.4 Å². The zero-order valence-corrected chi connectivity index (χ0v) is 17.2. The quantitative estimate of drug-likeness (QED) is 0.591. The second kappa shape index (κ2) is 9.14. The van der Waals surface area contributed by atoms with Crippen LogP contribution in [0.4, 0.5) is 4.79 Å². The number of hydrogen-bond donors (Lipinski definition) is 1. The van der Waals surface area contributed by atoms with Crippen molar-refractivity contribution >= 4 is 6.09 Å². The van der Waals surface area contributed by atoms with E-state index in [2.05, 4.69) is 24.3 Å². The van der Waals surface area contributed by atoms with Gasteiger partial charge >= 0.3 is 6.09 Å². The van der Waals surface area contributed by atoms with Gasteiger partial charge in [-0.2, -0.15) is 0 Å². The van der Waals surface area contributed by atoms with Crippen molar-refractivity contribution in [1.29, 1.82) is 0 Å². The van der Waals surface area contributed by atoms with Crippen LogP contribution in [0.25, 0.3) is 11.1 Å². The number of rotatable bonds is 7. The predicted octanol–water partition coefficient (Wildman–Crippen LogP) is 5.21. The molecule has 1 atom stereocenters. The van der Waals surface area contributed by atoms with E-state index in [0.29, 0.717) is 13.0 Å². The molecule has 154 valence electrons. The molecule has 4 rings (SSSR count). The Bertz CT molecular complexity index is 952. The maximum Gasteiger partial charge on any atom is 0.410 e. The van der Waals surface area contributed by atoms with Crippen LogP contribution in [0.5, 0.6) is 0 Å². The third-order valence-electron chi connectivity index (χ3n) is 5.89. The molecule has 0 spiro atoms. The lowest BCUT2D eigenvalue weighted by Crippen LogP contribution is -2.42. The van der Waals surface area contributed by atoms with E-state index < -0.39 is 0 Å². The van der Waals surface area contributed by atoms with Gasteiger partial charge in [-0.05, 0) is 34.2 Å². The van der Waals surface area contributed by atoms with Gasteiger partial charge in [-0.15, -0.1) is 0 Å². The molecule has 0 radical (unpaired) electrons. The molecule has 3 aromatic carbocycles. The minimum atomic E-state index is -0.387. The Balaban J connectivity index is 1.53. The minimum Gasteiger partial charge on any atom is -0.448 e. The van der Waals surface area contributed by atoms with Crippen LogP contribution in [0.1, 0.15) is 36.0 Å². The van der Waals surface area contributed by atoms with Gasteiger partial charge in [0.1, 0.15) is 6.61 Å². The first kappa shape index (κ1) is 20.2. The number of carbonyl (C=O) groups is 1. The molecule has 1 unspecified atom stereocenters. The van der Waals surface area contributed by atoms with Crippen molar-refractivity contribution in [3.8, 4) is 11.1 Å². The van der Waals surface area contributed by atoms with E-state index in [1.165, 1.54) is 22.3 Å². The van der Waals surface area contributed by atoms with Crippen LogP contribution in [-0.2, 0) is 11.3 Å². The SMILES string of the molecule is CCC(CO)N(Cc1ccccc1)C(=O)OCC1c2ccccc2-c2ccccc21. The van der Waals surface area contributed by atoms with Gasteiger partial charge in [0, 0.05) is 12.5 Å². The summed E-state index contributed by atoms with van der Waals surface area (Å²) in [5.74, 6) is 0.0223. The van der Waals surface area contributed by atoms with Crippen molar-refractivity contribution < 1.29 is 14.6 Å². The topological polar surface area (TPSA) is 49.8 Å². The number of amides is 1. The lowest BCUT2D eigenvalue weighted by Gasteiger charge is -2.30. The molecular formula is C26H27NO3. The van der Waals surface area contributed by atoms with Crippen LogP contribution in [0, 0.1) is 0 Å². The molecule has 4 nitrogen and oxygen atoms in total. The molecule has 0 saturated heterocycles. The Morgan fingerprint density at radius 3 is 2.07 bits per heavy atom. The van der Waals surface area contributed by atoms with Crippen LogP contribution in [0.2, 0.25) is 0 Å². The van der Waals surface area contributed by atoms with Gasteiger partial charge in [0.05, 0.1) is 12.6 Å². The molecule has 1 N–H and O–H groups in total. The summed E-state index contributed by atoms with van der Waals surface area (Å²) >= 11 is 0. The highest BCUT2D eigenvalue weighted by Crippen LogP contribution is 2.44. The molecule has 1 aliphatic carbocycles. The van der Waals surface area contributed by atoms with E-state index in [1.54, 1.807) is 4.90 Å². The van der Waals surface area contributed by atoms with E-state index in [0.717, 1.165) is 5.56 Å². The van der Waals surface area contributed by atoms with Crippen molar-refractivity contribution in [2.45, 2.75) is 31.8 Å². The highest BCUT2D eigenvalue weighted by molar-refractivity contribution is 5.79. The van der Waals surface area contributed by atoms with E-state index >= 15 is 0 Å². The smallest absolute Gasteiger partial charge is 0.410 e. The van der Waals surface area contributed by atoms with Crippen molar-refractivity contribution in [3.63, 3.8) is 0 Å². The number of aliphatic hydroxyl groups is 1. The largest absolute Gasteiger partial charge is 0.448 e. The zero-order valence-electron chi connectivity index (χ0n) is 17.2. The maximum atomic E-state index is 13.1. The van der Waals surface area contributed by atoms with Gasteiger partial charge in [-0.25, -0.2) is 4.79 Å². The maximum absolute atomic E-state index is 13.1. The monoisotopic (exact) mass is 401 g/mol. The average Bonchev–Trinajstić information content (AvgIpc) is 3.12. The number of ether oxygens (including phenoxy) is 1. The molecular weight excluding hydrogens is 374 g/mol. The van der Waals surface area contributed by atoms with Crippen LogP contribution in [0.15, 0.2) is 78.9 Å². The number of nitrogens with zero attached hydrogens (tertiary/aromatic N) is 1. The molecule has 0 aliphatic heterocycles. The normalized spacial score (nSPS) is 13.4. The number of hydrogen-bond acceptors (Lipinski definition) is 3. The fourth-order valence-corrected chi connectivity index (χ4v) is 4.25. The number of benzene rings is 3. The van der Waals surface area contributed by atoms with Gasteiger partial charge < -0.3 is 9.84 Å². The standard InChI is InChI=1S/C26H27NO3/c1-2-20(17-28)27(16-19-10-4-3-5-11-19)26(29)30-18-25-23-14-8-6-12-21(23)22-13-7-9-15-24(22)25/h3-15,20,25,28H,2,16-18H2,1H3. The minimum absolute atomic E-state index is 0.0223. The van der Waals surface area contributed by atoms with Crippen LogP contribution >= 0.6 is 0 Å². The Morgan fingerprint density at radius 2 is 1.50 bits per heavy atom. The molecule has 4 heteroatoms. The summed E-state index contributed by atoms with van der Waals surface area (Å²) in [7, 11) is 0. The molecule has 1 amide bonds. The highest BCUT2D eigenvalue weighted by Gasteiger charge is 2.30. The van der Waals surface area contributed by atoms with E-state index in [9.17, 15) is 9.90 Å². The van der Waals surface area contributed by atoms with E-state index in [-0.39, 0.29) is 31.3 Å². The summed E-state index contributed by atoms with van der Waals surface area (Å²) in [6, 6.07) is 26.1. The second-order valence-electron chi connectivity index (χ2n) is 7.66. The second-order valence-corrected chi connectivity index (χ2v) is 7.66. The summed E-state index contributed by atoms with van der Waals surface area (Å²) in [6.45, 7) is 2.57. The first-order chi connectivity index (χ1) is 14.7. The molecule has 0 bridgehead atoms. The summed E-state index contributed by atoms with van der Waals surface area (Å²) in [6.07, 6.45) is 0.273. The summed E-state index contributed by atoms with van der Waals surface area (Å²) in [5.41, 5.74) is 5.80. The van der Waals surface area contributed by atoms with Crippen molar-refractivity contribution in [3.05, 3.63) is 95.6 Å². The van der Waals surface area contributed by atoms with Crippen molar-refractivity contribution in [2.75, 3.05) is 13.2 Å². The van der Waals surface area contributed by atoms with Crippen LogP contribution in [0.3, 0.4) is 0 Å². The first-order valence-corrected chi connectivity index (χ1v) is 10.5. The fourth-order valence-electron chi connectivity index (χ4n) is 4.25. The number of aliphatic hydroxyl groups excluding tert-OH is 1. The molecule has 3 aromatic rings. The third kappa shape index (κ3) is 3.96. The summed E-state index contributed by atoms with van der Waals surface area (Å²) in [4.78, 5) is 14.7. The Kier molecular flexibility index (Phi) is 6.15. The third-order valence-corrected chi connectivity index (χ3v) is 5.89. The van der Waals surface area contributed by atoms with E-state index in [1.807, 2.05) is 61.5 Å². The molecule has 0 saturated carbocycles. The first-order valence-electron chi connectivity index (χ1n) is 10.5. The predicted molar refractivity (Wildman–Crippen MR) is 118 cm³/mol. The Hall–Kier alpha value is -3.11. The zero-order chi connectivity index (χ0) is 20.9. The van der Waals surface area contributed by atoms with Crippen molar-refractivity contribution in [2.24, 2.45) is 0 Å². The highest BCUT2D eigenvalue weighted by atomic mass is 16.6. The lowest BCUT2D eigenvalue weighted by molar-refractivity contribution is 0.0623. The summed E-state index contributed by atoms with van der Waals surface area (Å²) in [5, 5.41) is 9.81. The van der Waals surface area contributed by atoms with Gasteiger partial charge in [0.2, 0.25) is 0 Å². The number of fused-ring (bicyclic) bond motifs is 3. The Morgan fingerprint density at radius 1 is 0.933 bits per heavy atom.